The van der Waals surface area contributed by atoms with Crippen LogP contribution in [0.15, 0.2) is 6.07 Å². The molecule has 0 atom stereocenters. The van der Waals surface area contributed by atoms with E-state index in [2.05, 4.69) is 10.1 Å². The molecule has 0 aliphatic carbocycles. The summed E-state index contributed by atoms with van der Waals surface area (Å²) < 4.78 is 56.9. The molecule has 10 heteroatoms. The van der Waals surface area contributed by atoms with Crippen molar-refractivity contribution in [3.05, 3.63) is 29.3 Å². The number of carbonyl (C=O) groups is 4. The molecule has 0 unspecified atom stereocenters. The van der Waals surface area contributed by atoms with Crippen molar-refractivity contribution in [3.8, 4) is 5.75 Å². The average molecular weight is 377 g/mol. The number of ether oxygens (including phenoxy) is 1. The van der Waals surface area contributed by atoms with Crippen LogP contribution in [0, 0.1) is 23.3 Å². The number of Topliss-reactive ketones (excluding diaryl/α,β-unsaturated/α-hetero) is 2. The van der Waals surface area contributed by atoms with E-state index in [0.29, 0.717) is 0 Å². The molecule has 6 nitrogen and oxygen atoms in total. The van der Waals surface area contributed by atoms with Crippen LogP contribution < -0.4 is 10.1 Å². The Labute approximate surface area is 145 Å². The number of esters is 1. The van der Waals surface area contributed by atoms with Crippen LogP contribution in [0.25, 0.3) is 0 Å². The number of halogens is 4. The molecule has 0 aromatic heterocycles. The number of amides is 1. The van der Waals surface area contributed by atoms with Crippen LogP contribution in [-0.2, 0) is 19.2 Å². The second-order valence-electron chi connectivity index (χ2n) is 5.29. The van der Waals surface area contributed by atoms with E-state index in [-0.39, 0.29) is 24.7 Å². The number of carbonyl (C=O) groups excluding carboxylic acids is 4. The fourth-order valence-electron chi connectivity index (χ4n) is 1.71. The van der Waals surface area contributed by atoms with Gasteiger partial charge in [0.1, 0.15) is 5.78 Å². The molecule has 1 aromatic carbocycles. The van der Waals surface area contributed by atoms with Gasteiger partial charge in [0.05, 0.1) is 13.0 Å². The van der Waals surface area contributed by atoms with Crippen molar-refractivity contribution in [2.45, 2.75) is 32.6 Å². The second kappa shape index (κ2) is 9.64. The zero-order valence-electron chi connectivity index (χ0n) is 13.7. The van der Waals surface area contributed by atoms with Gasteiger partial charge in [-0.15, -0.1) is 0 Å². The summed E-state index contributed by atoms with van der Waals surface area (Å²) in [5, 5.41) is 2.23. The Balaban J connectivity index is 2.47. The van der Waals surface area contributed by atoms with Gasteiger partial charge >= 0.3 is 5.97 Å². The largest absolute Gasteiger partial charge is 0.420 e. The van der Waals surface area contributed by atoms with Gasteiger partial charge in [-0.05, 0) is 6.92 Å². The van der Waals surface area contributed by atoms with Crippen LogP contribution in [0.2, 0.25) is 0 Å². The highest BCUT2D eigenvalue weighted by atomic mass is 19.2. The average Bonchev–Trinajstić information content (AvgIpc) is 2.58. The van der Waals surface area contributed by atoms with Crippen molar-refractivity contribution in [1.29, 1.82) is 0 Å². The molecule has 0 saturated heterocycles. The van der Waals surface area contributed by atoms with Gasteiger partial charge in [0.25, 0.3) is 0 Å². The van der Waals surface area contributed by atoms with Gasteiger partial charge in [-0.2, -0.15) is 8.78 Å². The third-order valence-electron chi connectivity index (χ3n) is 3.08. The summed E-state index contributed by atoms with van der Waals surface area (Å²) in [6.07, 6.45) is -1.13. The molecule has 1 amide bonds. The van der Waals surface area contributed by atoms with Gasteiger partial charge < -0.3 is 14.8 Å². The van der Waals surface area contributed by atoms with E-state index in [1.54, 1.807) is 0 Å². The summed E-state index contributed by atoms with van der Waals surface area (Å²) in [6.45, 7) is 0.890. The molecule has 0 bridgehead atoms. The minimum Gasteiger partial charge on any atom is -0.420 e. The molecule has 0 aliphatic heterocycles. The molecule has 0 radical (unpaired) electrons. The summed E-state index contributed by atoms with van der Waals surface area (Å²) >= 11 is 0. The Morgan fingerprint density at radius 2 is 1.50 bits per heavy atom. The summed E-state index contributed by atoms with van der Waals surface area (Å²) in [5.74, 6) is -11.4. The lowest BCUT2D eigenvalue weighted by Crippen LogP contribution is -2.30. The van der Waals surface area contributed by atoms with E-state index >= 15 is 0 Å². The Kier molecular flexibility index (Phi) is 7.88. The summed E-state index contributed by atoms with van der Waals surface area (Å²) in [6, 6.07) is -0.0414. The van der Waals surface area contributed by atoms with Crippen molar-refractivity contribution >= 4 is 23.4 Å². The molecule has 0 heterocycles. The number of ketones is 2. The highest BCUT2D eigenvalue weighted by Gasteiger charge is 2.23. The lowest BCUT2D eigenvalue weighted by molar-refractivity contribution is -0.136. The molecular formula is C16H15F4NO5. The van der Waals surface area contributed by atoms with E-state index in [1.165, 1.54) is 6.92 Å². The summed E-state index contributed by atoms with van der Waals surface area (Å²) in [4.78, 5) is 45.0. The molecule has 142 valence electrons. The van der Waals surface area contributed by atoms with E-state index in [1.807, 2.05) is 0 Å². The zero-order chi connectivity index (χ0) is 19.9. The molecule has 1 N–H and O–H groups in total. The Bertz CT molecular complexity index is 710. The van der Waals surface area contributed by atoms with Gasteiger partial charge in [0.2, 0.25) is 23.3 Å². The van der Waals surface area contributed by atoms with Crippen molar-refractivity contribution in [1.82, 2.24) is 5.32 Å². The monoisotopic (exact) mass is 377 g/mol. The van der Waals surface area contributed by atoms with Gasteiger partial charge in [0.15, 0.2) is 17.4 Å². The van der Waals surface area contributed by atoms with Gasteiger partial charge in [-0.25, -0.2) is 8.78 Å². The topological polar surface area (TPSA) is 89.5 Å². The van der Waals surface area contributed by atoms with Crippen LogP contribution in [0.5, 0.6) is 5.75 Å². The molecule has 0 fully saturated rings. The molecule has 1 aromatic rings. The standard InChI is InChI=1S/C16H15F4NO5/c1-8(22)2-4-12(24)21-7-9(23)3-5-13(25)26-16-14(19)10(17)6-11(18)15(16)20/h6H,2-5,7H2,1H3,(H,21,24). The van der Waals surface area contributed by atoms with Crippen LogP contribution >= 0.6 is 0 Å². The van der Waals surface area contributed by atoms with Gasteiger partial charge in [0, 0.05) is 25.3 Å². The highest BCUT2D eigenvalue weighted by Crippen LogP contribution is 2.26. The van der Waals surface area contributed by atoms with Gasteiger partial charge in [-0.3, -0.25) is 14.4 Å². The lowest BCUT2D eigenvalue weighted by Gasteiger charge is -2.08. The maximum atomic E-state index is 13.3. The minimum absolute atomic E-state index is 0.0215. The van der Waals surface area contributed by atoms with Crippen LogP contribution in [0.4, 0.5) is 17.6 Å². The van der Waals surface area contributed by atoms with E-state index in [9.17, 15) is 36.7 Å². The molecule has 26 heavy (non-hydrogen) atoms. The predicted molar refractivity (Wildman–Crippen MR) is 79.1 cm³/mol. The van der Waals surface area contributed by atoms with Crippen LogP contribution in [-0.4, -0.2) is 30.0 Å². The third kappa shape index (κ3) is 6.61. The number of benzene rings is 1. The Morgan fingerprint density at radius 1 is 0.923 bits per heavy atom. The molecule has 0 saturated carbocycles. The maximum absolute atomic E-state index is 13.3. The van der Waals surface area contributed by atoms with E-state index in [4.69, 9.17) is 0 Å². The lowest BCUT2D eigenvalue weighted by atomic mass is 10.2. The Hall–Kier alpha value is -2.78. The maximum Gasteiger partial charge on any atom is 0.311 e. The number of rotatable bonds is 9. The fourth-order valence-corrected chi connectivity index (χ4v) is 1.71. The first-order valence-electron chi connectivity index (χ1n) is 7.43. The molecule has 1 rings (SSSR count). The first kappa shape index (κ1) is 21.3. The Morgan fingerprint density at radius 3 is 2.04 bits per heavy atom. The van der Waals surface area contributed by atoms with Crippen molar-refractivity contribution < 1.29 is 41.5 Å². The SMILES string of the molecule is CC(=O)CCC(=O)NCC(=O)CCC(=O)Oc1c(F)c(F)cc(F)c1F. The normalized spacial score (nSPS) is 10.3. The van der Waals surface area contributed by atoms with Crippen molar-refractivity contribution in [2.24, 2.45) is 0 Å². The zero-order valence-corrected chi connectivity index (χ0v) is 13.7. The first-order valence-corrected chi connectivity index (χ1v) is 7.43. The van der Waals surface area contributed by atoms with Crippen molar-refractivity contribution in [2.75, 3.05) is 6.54 Å². The van der Waals surface area contributed by atoms with E-state index in [0.717, 1.165) is 0 Å². The van der Waals surface area contributed by atoms with Crippen molar-refractivity contribution in [3.63, 3.8) is 0 Å². The number of nitrogens with one attached hydrogen (secondary N) is 1. The smallest absolute Gasteiger partial charge is 0.311 e. The quantitative estimate of drug-likeness (QED) is 0.308. The number of hydrogen-bond donors (Lipinski definition) is 1. The van der Waals surface area contributed by atoms with Crippen LogP contribution in [0.3, 0.4) is 0 Å². The predicted octanol–water partition coefficient (Wildman–Crippen LogP) is 1.98. The fraction of sp³-hybridized carbons (Fsp3) is 0.375. The van der Waals surface area contributed by atoms with Crippen LogP contribution in [0.1, 0.15) is 32.6 Å². The van der Waals surface area contributed by atoms with Gasteiger partial charge in [-0.1, -0.05) is 0 Å². The molecule has 0 spiro atoms. The first-order chi connectivity index (χ1) is 12.1. The third-order valence-corrected chi connectivity index (χ3v) is 3.08. The molecular weight excluding hydrogens is 362 g/mol. The highest BCUT2D eigenvalue weighted by molar-refractivity contribution is 5.89. The molecule has 0 aliphatic rings. The minimum atomic E-state index is -1.87. The summed E-state index contributed by atoms with van der Waals surface area (Å²) in [5.41, 5.74) is 0. The summed E-state index contributed by atoms with van der Waals surface area (Å²) in [7, 11) is 0. The number of hydrogen-bond acceptors (Lipinski definition) is 5. The second-order valence-corrected chi connectivity index (χ2v) is 5.29. The van der Waals surface area contributed by atoms with E-state index < -0.39 is 66.1 Å².